The van der Waals surface area contributed by atoms with Crippen molar-refractivity contribution >= 4 is 17.9 Å². The monoisotopic (exact) mass is 1160 g/mol. The predicted molar refractivity (Wildman–Crippen MR) is 362 cm³/mol. The normalized spacial score (nSPS) is 12.7. The minimum absolute atomic E-state index is 0.0862. The molecule has 0 N–H and O–H groups in total. The quantitative estimate of drug-likeness (QED) is 0.0261. The Morgan fingerprint density at radius 1 is 0.253 bits per heavy atom. The Morgan fingerprint density at radius 2 is 0.470 bits per heavy atom. The third-order valence-electron chi connectivity index (χ3n) is 15.5. The van der Waals surface area contributed by atoms with E-state index in [9.17, 15) is 14.4 Å². The molecule has 0 aliphatic rings. The average Bonchev–Trinajstić information content (AvgIpc) is 3.49. The molecule has 0 fully saturated rings. The van der Waals surface area contributed by atoms with Crippen LogP contribution in [0, 0.1) is 0 Å². The van der Waals surface area contributed by atoms with Crippen LogP contribution in [0.25, 0.3) is 0 Å². The second kappa shape index (κ2) is 70.8. The zero-order valence-electron chi connectivity index (χ0n) is 54.9. The molecule has 1 unspecified atom stereocenters. The number of carbonyl (C=O) groups is 3. The van der Waals surface area contributed by atoms with Gasteiger partial charge < -0.3 is 14.2 Å². The number of unbranched alkanes of at least 4 members (excludes halogenated alkanes) is 38. The first-order valence-corrected chi connectivity index (χ1v) is 35.7. The zero-order chi connectivity index (χ0) is 59.9. The fourth-order valence-electron chi connectivity index (χ4n) is 10.2. The van der Waals surface area contributed by atoms with E-state index in [0.717, 1.165) is 109 Å². The van der Waals surface area contributed by atoms with Crippen molar-refractivity contribution in [1.82, 2.24) is 0 Å². The fourth-order valence-corrected chi connectivity index (χ4v) is 10.2. The van der Waals surface area contributed by atoms with E-state index >= 15 is 0 Å². The number of allylic oxidation sites excluding steroid dienone is 16. The fraction of sp³-hybridized carbons (Fsp3) is 0.753. The molecule has 0 saturated carbocycles. The number of hydrogen-bond acceptors (Lipinski definition) is 6. The van der Waals surface area contributed by atoms with Gasteiger partial charge in [-0.25, -0.2) is 0 Å². The van der Waals surface area contributed by atoms with Gasteiger partial charge in [-0.2, -0.15) is 0 Å². The topological polar surface area (TPSA) is 78.9 Å². The molecule has 0 aromatic heterocycles. The first kappa shape index (κ1) is 79.3. The number of rotatable bonds is 65. The van der Waals surface area contributed by atoms with E-state index in [1.807, 2.05) is 0 Å². The first-order chi connectivity index (χ1) is 41.0. The Kier molecular flexibility index (Phi) is 67.7. The lowest BCUT2D eigenvalue weighted by atomic mass is 10.1. The summed E-state index contributed by atoms with van der Waals surface area (Å²) >= 11 is 0. The smallest absolute Gasteiger partial charge is 0.306 e. The maximum absolute atomic E-state index is 13.0. The van der Waals surface area contributed by atoms with Gasteiger partial charge in [0, 0.05) is 19.3 Å². The highest BCUT2D eigenvalue weighted by Crippen LogP contribution is 2.17. The maximum atomic E-state index is 13.0. The van der Waals surface area contributed by atoms with E-state index in [4.69, 9.17) is 14.2 Å². The number of esters is 3. The van der Waals surface area contributed by atoms with E-state index in [1.165, 1.54) is 205 Å². The second-order valence-electron chi connectivity index (χ2n) is 23.8. The van der Waals surface area contributed by atoms with E-state index in [0.29, 0.717) is 19.3 Å². The molecule has 0 radical (unpaired) electrons. The molecule has 6 nitrogen and oxygen atoms in total. The van der Waals surface area contributed by atoms with Gasteiger partial charge in [0.05, 0.1) is 0 Å². The molecule has 0 amide bonds. The van der Waals surface area contributed by atoms with Crippen molar-refractivity contribution in [3.05, 3.63) is 97.2 Å². The van der Waals surface area contributed by atoms with Gasteiger partial charge in [0.1, 0.15) is 13.2 Å². The molecular weight excluding hydrogens is 1020 g/mol. The van der Waals surface area contributed by atoms with Crippen molar-refractivity contribution in [2.75, 3.05) is 13.2 Å². The van der Waals surface area contributed by atoms with Crippen LogP contribution in [0.5, 0.6) is 0 Å². The average molecular weight is 1160 g/mol. The molecule has 1 atom stereocenters. The zero-order valence-corrected chi connectivity index (χ0v) is 54.9. The highest BCUT2D eigenvalue weighted by atomic mass is 16.6. The SMILES string of the molecule is CC/C=C\C/C=C\C/C=C\C/C=C\C/C=C\C/C=C\CCCCCCC(=O)OCC(COC(=O)CCCCCCCCCCC/C=C\CCCCCCCCCC)OC(=O)CCCCCCCCCCC/C=C\CCCCCCCCCC. The highest BCUT2D eigenvalue weighted by Gasteiger charge is 2.19. The molecule has 0 rings (SSSR count). The van der Waals surface area contributed by atoms with Crippen LogP contribution in [0.3, 0.4) is 0 Å². The highest BCUT2D eigenvalue weighted by molar-refractivity contribution is 5.71. The van der Waals surface area contributed by atoms with Crippen molar-refractivity contribution in [2.45, 2.75) is 361 Å². The standard InChI is InChI=1S/C77H134O6/c1-4-7-10-13-16-19-22-25-28-31-34-37-38-41-43-46-49-52-55-58-61-64-67-70-76(79)82-73-74(83-77(80)71-68-65-62-59-56-53-50-47-44-40-36-33-30-27-24-21-18-15-12-9-6-3)72-81-75(78)69-66-63-60-57-54-51-48-45-42-39-35-32-29-26-23-20-17-14-11-8-5-2/h7,10,16,19,25,28,32-37,41,43,49,52,74H,4-6,8-9,11-15,17-18,20-24,26-27,29-31,38-40,42,44-48,50-51,53-73H2,1-3H3/b10-7-,19-16-,28-25-,35-32-,36-33-,37-34-,43-41-,52-49-. The third-order valence-corrected chi connectivity index (χ3v) is 15.5. The maximum Gasteiger partial charge on any atom is 0.306 e. The molecule has 0 aromatic rings. The van der Waals surface area contributed by atoms with E-state index in [1.54, 1.807) is 0 Å². The summed E-state index contributed by atoms with van der Waals surface area (Å²) in [6.45, 7) is 6.55. The number of hydrogen-bond donors (Lipinski definition) is 0. The van der Waals surface area contributed by atoms with E-state index in [-0.39, 0.29) is 31.1 Å². The summed E-state index contributed by atoms with van der Waals surface area (Å²) in [5, 5.41) is 0. The molecule has 0 aromatic carbocycles. The summed E-state index contributed by atoms with van der Waals surface area (Å²) in [6.07, 6.45) is 95.7. The van der Waals surface area contributed by atoms with Gasteiger partial charge in [-0.15, -0.1) is 0 Å². The Bertz CT molecular complexity index is 1610. The molecule has 478 valence electrons. The van der Waals surface area contributed by atoms with Crippen LogP contribution < -0.4 is 0 Å². The van der Waals surface area contributed by atoms with Crippen molar-refractivity contribution in [2.24, 2.45) is 0 Å². The molecule has 0 spiro atoms. The first-order valence-electron chi connectivity index (χ1n) is 35.7. The van der Waals surface area contributed by atoms with Crippen LogP contribution >= 0.6 is 0 Å². The molecule has 83 heavy (non-hydrogen) atoms. The summed E-state index contributed by atoms with van der Waals surface area (Å²) in [6, 6.07) is 0. The van der Waals surface area contributed by atoms with E-state index < -0.39 is 6.10 Å². The minimum atomic E-state index is -0.794. The van der Waals surface area contributed by atoms with Gasteiger partial charge >= 0.3 is 17.9 Å². The molecule has 0 saturated heterocycles. The van der Waals surface area contributed by atoms with Gasteiger partial charge in [0.25, 0.3) is 0 Å². The van der Waals surface area contributed by atoms with E-state index in [2.05, 4.69) is 118 Å². The summed E-state index contributed by atoms with van der Waals surface area (Å²) < 4.78 is 17.0. The summed E-state index contributed by atoms with van der Waals surface area (Å²) in [4.78, 5) is 38.5. The molecule has 0 bridgehead atoms. The van der Waals surface area contributed by atoms with Crippen molar-refractivity contribution in [3.63, 3.8) is 0 Å². The summed E-state index contributed by atoms with van der Waals surface area (Å²) in [5.74, 6) is -0.899. The number of carbonyl (C=O) groups excluding carboxylic acids is 3. The van der Waals surface area contributed by atoms with Crippen molar-refractivity contribution < 1.29 is 28.6 Å². The van der Waals surface area contributed by atoms with Crippen LogP contribution in [0.1, 0.15) is 355 Å². The Balaban J connectivity index is 4.43. The number of ether oxygens (including phenoxy) is 3. The van der Waals surface area contributed by atoms with Crippen molar-refractivity contribution in [1.29, 1.82) is 0 Å². The van der Waals surface area contributed by atoms with Gasteiger partial charge in [-0.05, 0) is 122 Å². The summed E-state index contributed by atoms with van der Waals surface area (Å²) in [7, 11) is 0. The van der Waals surface area contributed by atoms with Gasteiger partial charge in [-0.1, -0.05) is 311 Å². The van der Waals surface area contributed by atoms with Crippen LogP contribution in [0.15, 0.2) is 97.2 Å². The van der Waals surface area contributed by atoms with Gasteiger partial charge in [-0.3, -0.25) is 14.4 Å². The Labute approximate surface area is 515 Å². The van der Waals surface area contributed by atoms with Gasteiger partial charge in [0.2, 0.25) is 0 Å². The van der Waals surface area contributed by atoms with Crippen LogP contribution in [0.4, 0.5) is 0 Å². The van der Waals surface area contributed by atoms with Crippen LogP contribution in [-0.2, 0) is 28.6 Å². The molecule has 6 heteroatoms. The lowest BCUT2D eigenvalue weighted by molar-refractivity contribution is -0.167. The van der Waals surface area contributed by atoms with Crippen LogP contribution in [-0.4, -0.2) is 37.2 Å². The summed E-state index contributed by atoms with van der Waals surface area (Å²) in [5.41, 5.74) is 0. The predicted octanol–water partition coefficient (Wildman–Crippen LogP) is 24.8. The van der Waals surface area contributed by atoms with Gasteiger partial charge in [0.15, 0.2) is 6.10 Å². The third kappa shape index (κ3) is 69.0. The lowest BCUT2D eigenvalue weighted by Crippen LogP contribution is -2.30. The Hall–Kier alpha value is -3.67. The molecule has 0 heterocycles. The molecule has 0 aliphatic carbocycles. The lowest BCUT2D eigenvalue weighted by Gasteiger charge is -2.18. The Morgan fingerprint density at radius 3 is 0.747 bits per heavy atom. The second-order valence-corrected chi connectivity index (χ2v) is 23.8. The molecule has 0 aliphatic heterocycles. The van der Waals surface area contributed by atoms with Crippen molar-refractivity contribution in [3.8, 4) is 0 Å². The largest absolute Gasteiger partial charge is 0.462 e. The van der Waals surface area contributed by atoms with Crippen LogP contribution in [0.2, 0.25) is 0 Å². The minimum Gasteiger partial charge on any atom is -0.462 e. The molecular formula is C77H134O6.